The molecule has 0 fully saturated rings. The summed E-state index contributed by atoms with van der Waals surface area (Å²) in [4.78, 5) is 57.5. The molecule has 9 heteroatoms. The number of hydrogen-bond donors (Lipinski definition) is 2. The highest BCUT2D eigenvalue weighted by Gasteiger charge is 2.40. The third kappa shape index (κ3) is 13.0. The molecule has 2 rings (SSSR count). The van der Waals surface area contributed by atoms with E-state index in [9.17, 15) is 19.2 Å². The number of nitrogens with zero attached hydrogens (tertiary/aromatic N) is 1. The van der Waals surface area contributed by atoms with Crippen molar-refractivity contribution < 1.29 is 28.7 Å². The summed E-state index contributed by atoms with van der Waals surface area (Å²) >= 11 is 0. The van der Waals surface area contributed by atoms with Crippen molar-refractivity contribution in [3.8, 4) is 0 Å². The van der Waals surface area contributed by atoms with Gasteiger partial charge in [-0.1, -0.05) is 88.6 Å². The Kier molecular flexibility index (Phi) is 15.1. The summed E-state index contributed by atoms with van der Waals surface area (Å²) in [5.41, 5.74) is 1.67. The largest absolute Gasteiger partial charge is 0.458 e. The average Bonchev–Trinajstić information content (AvgIpc) is 2.96. The molecule has 0 aliphatic rings. The summed E-state index contributed by atoms with van der Waals surface area (Å²) in [5.74, 6) is -1.76. The molecule has 9 nitrogen and oxygen atoms in total. The Morgan fingerprint density at radius 2 is 1.35 bits per heavy atom. The minimum Gasteiger partial charge on any atom is -0.458 e. The fraction of sp³-hybridized carbons (Fsp3) is 0.590. The summed E-state index contributed by atoms with van der Waals surface area (Å²) in [5, 5.41) is 5.79. The highest BCUT2D eigenvalue weighted by molar-refractivity contribution is 5.94. The Bertz CT molecular complexity index is 1340. The van der Waals surface area contributed by atoms with Crippen LogP contribution in [0.1, 0.15) is 116 Å². The monoisotopic (exact) mass is 665 g/mol. The predicted octanol–water partition coefficient (Wildman–Crippen LogP) is 7.37. The number of nitrogens with one attached hydrogen (secondary N) is 2. The number of esters is 1. The van der Waals surface area contributed by atoms with Gasteiger partial charge in [-0.25, -0.2) is 9.59 Å². The third-order valence-electron chi connectivity index (χ3n) is 7.81. The van der Waals surface area contributed by atoms with Crippen LogP contribution in [0, 0.1) is 19.8 Å². The number of ether oxygens (including phenoxy) is 2. The molecule has 0 bridgehead atoms. The van der Waals surface area contributed by atoms with Gasteiger partial charge in [0.2, 0.25) is 11.8 Å². The van der Waals surface area contributed by atoms with Crippen molar-refractivity contribution >= 4 is 23.9 Å². The number of carbonyl (C=O) groups is 4. The summed E-state index contributed by atoms with van der Waals surface area (Å²) in [6, 6.07) is 12.1. The maximum absolute atomic E-state index is 14.7. The Labute approximate surface area is 288 Å². The summed E-state index contributed by atoms with van der Waals surface area (Å²) in [7, 11) is 0. The van der Waals surface area contributed by atoms with Gasteiger partial charge in [-0.15, -0.1) is 0 Å². The van der Waals surface area contributed by atoms with E-state index in [1.165, 1.54) is 0 Å². The molecule has 0 aliphatic heterocycles. The molecule has 2 aromatic carbocycles. The van der Waals surface area contributed by atoms with Crippen LogP contribution in [0.5, 0.6) is 0 Å². The first kappa shape index (κ1) is 40.3. The first-order valence-corrected chi connectivity index (χ1v) is 17.3. The number of alkyl carbamates (subject to hydrolysis) is 1. The van der Waals surface area contributed by atoms with Crippen LogP contribution in [0.25, 0.3) is 0 Å². The second-order valence-electron chi connectivity index (χ2n) is 15.0. The molecule has 3 atom stereocenters. The minimum atomic E-state index is -1.08. The summed E-state index contributed by atoms with van der Waals surface area (Å²) < 4.78 is 11.3. The van der Waals surface area contributed by atoms with Gasteiger partial charge < -0.3 is 25.0 Å². The number of amides is 3. The van der Waals surface area contributed by atoms with Crippen molar-refractivity contribution in [2.45, 2.75) is 138 Å². The molecule has 48 heavy (non-hydrogen) atoms. The van der Waals surface area contributed by atoms with E-state index in [0.29, 0.717) is 12.0 Å². The molecule has 2 N–H and O–H groups in total. The number of hydrogen-bond acceptors (Lipinski definition) is 6. The number of carbonyl (C=O) groups excluding carboxylic acids is 4. The number of unbranched alkanes of at least 4 members (excludes halogenated alkanes) is 3. The molecule has 2 aromatic rings. The van der Waals surface area contributed by atoms with Crippen molar-refractivity contribution in [2.24, 2.45) is 5.92 Å². The van der Waals surface area contributed by atoms with Crippen molar-refractivity contribution in [1.82, 2.24) is 15.5 Å². The molecule has 0 aliphatic carbocycles. The Morgan fingerprint density at radius 1 is 0.771 bits per heavy atom. The Balaban J connectivity index is 2.69. The summed E-state index contributed by atoms with van der Waals surface area (Å²) in [6.07, 6.45) is 3.00. The highest BCUT2D eigenvalue weighted by atomic mass is 16.6. The predicted molar refractivity (Wildman–Crippen MR) is 190 cm³/mol. The van der Waals surface area contributed by atoms with E-state index in [2.05, 4.69) is 17.6 Å². The minimum absolute atomic E-state index is 0.209. The number of rotatable bonds is 15. The topological polar surface area (TPSA) is 114 Å². The maximum Gasteiger partial charge on any atom is 0.408 e. The van der Waals surface area contributed by atoms with Crippen LogP contribution in [-0.2, 0) is 30.3 Å². The van der Waals surface area contributed by atoms with Crippen LogP contribution < -0.4 is 10.6 Å². The highest BCUT2D eigenvalue weighted by Crippen LogP contribution is 2.30. The molecule has 0 radical (unpaired) electrons. The summed E-state index contributed by atoms with van der Waals surface area (Å²) in [6.45, 7) is 20.5. The van der Waals surface area contributed by atoms with Gasteiger partial charge in [-0.2, -0.15) is 0 Å². The molecule has 3 unspecified atom stereocenters. The zero-order chi connectivity index (χ0) is 36.2. The van der Waals surface area contributed by atoms with Crippen LogP contribution in [-0.4, -0.2) is 58.6 Å². The lowest BCUT2D eigenvalue weighted by atomic mass is 9.92. The number of benzene rings is 2. The normalized spacial score (nSPS) is 13.7. The molecule has 0 heterocycles. The van der Waals surface area contributed by atoms with Crippen molar-refractivity contribution in [1.29, 1.82) is 0 Å². The van der Waals surface area contributed by atoms with Gasteiger partial charge in [0.1, 0.15) is 29.3 Å². The lowest BCUT2D eigenvalue weighted by Crippen LogP contribution is -2.56. The third-order valence-corrected chi connectivity index (χ3v) is 7.81. The SMILES string of the molecule is CCCCCCN(C(=O)C(NC(=O)OC(C)(C)C)C(C)C)C(C(=O)NC(Cc1ccccc1)C(=O)OC(C)(C)C)c1c(C)cccc1C. The van der Waals surface area contributed by atoms with E-state index in [1.807, 2.05) is 76.2 Å². The maximum atomic E-state index is 14.7. The van der Waals surface area contributed by atoms with Crippen LogP contribution in [0.4, 0.5) is 4.79 Å². The fourth-order valence-corrected chi connectivity index (χ4v) is 5.56. The molecule has 0 saturated carbocycles. The standard InChI is InChI=1S/C39H59N3O6/c1-12-13-14-18-24-42(35(44)32(26(2)3)41-37(46)48-39(9,10)11)33(31-27(4)20-19-21-28(31)5)34(43)40-30(36(45)47-38(6,7)8)25-29-22-16-15-17-23-29/h15-17,19-23,26,30,32-33H,12-14,18,24-25H2,1-11H3,(H,40,43)(H,41,46). The van der Waals surface area contributed by atoms with Gasteiger partial charge in [0.15, 0.2) is 0 Å². The van der Waals surface area contributed by atoms with Gasteiger partial charge in [-0.3, -0.25) is 9.59 Å². The lowest BCUT2D eigenvalue weighted by molar-refractivity contribution is -0.159. The molecular formula is C39H59N3O6. The Hall–Kier alpha value is -3.88. The number of aryl methyl sites for hydroxylation is 2. The van der Waals surface area contributed by atoms with Gasteiger partial charge in [0.25, 0.3) is 0 Å². The van der Waals surface area contributed by atoms with Crippen molar-refractivity contribution in [3.05, 3.63) is 70.8 Å². The molecule has 0 spiro atoms. The van der Waals surface area contributed by atoms with E-state index in [1.54, 1.807) is 46.4 Å². The van der Waals surface area contributed by atoms with Gasteiger partial charge >= 0.3 is 12.1 Å². The Morgan fingerprint density at radius 3 is 1.88 bits per heavy atom. The van der Waals surface area contributed by atoms with Crippen molar-refractivity contribution in [3.63, 3.8) is 0 Å². The molecule has 0 saturated heterocycles. The smallest absolute Gasteiger partial charge is 0.408 e. The molecular weight excluding hydrogens is 606 g/mol. The second kappa shape index (κ2) is 18.0. The van der Waals surface area contributed by atoms with E-state index in [4.69, 9.17) is 9.47 Å². The molecule has 266 valence electrons. The average molecular weight is 666 g/mol. The zero-order valence-corrected chi connectivity index (χ0v) is 31.1. The van der Waals surface area contributed by atoms with E-state index < -0.39 is 53.2 Å². The van der Waals surface area contributed by atoms with E-state index in [0.717, 1.165) is 36.0 Å². The zero-order valence-electron chi connectivity index (χ0n) is 31.1. The first-order chi connectivity index (χ1) is 22.3. The molecule has 0 aromatic heterocycles. The van der Waals surface area contributed by atoms with Crippen LogP contribution >= 0.6 is 0 Å². The quantitative estimate of drug-likeness (QED) is 0.152. The fourth-order valence-electron chi connectivity index (χ4n) is 5.56. The molecule has 3 amide bonds. The van der Waals surface area contributed by atoms with Crippen LogP contribution in [0.15, 0.2) is 48.5 Å². The van der Waals surface area contributed by atoms with Crippen molar-refractivity contribution in [2.75, 3.05) is 6.54 Å². The lowest BCUT2D eigenvalue weighted by Gasteiger charge is -2.37. The van der Waals surface area contributed by atoms with Gasteiger partial charge in [0, 0.05) is 13.0 Å². The van der Waals surface area contributed by atoms with E-state index in [-0.39, 0.29) is 18.9 Å². The van der Waals surface area contributed by atoms with Gasteiger partial charge in [0.05, 0.1) is 0 Å². The van der Waals surface area contributed by atoms with E-state index >= 15 is 0 Å². The second-order valence-corrected chi connectivity index (χ2v) is 15.0. The van der Waals surface area contributed by atoms with Crippen LogP contribution in [0.3, 0.4) is 0 Å². The van der Waals surface area contributed by atoms with Gasteiger partial charge in [-0.05, 0) is 90.0 Å². The van der Waals surface area contributed by atoms with Crippen LogP contribution in [0.2, 0.25) is 0 Å². The first-order valence-electron chi connectivity index (χ1n) is 17.3.